The van der Waals surface area contributed by atoms with Gasteiger partial charge in [-0.15, -0.1) is 0 Å². The molecular weight excluding hydrogens is 1010 g/mol. The zero-order valence-corrected chi connectivity index (χ0v) is 56.1. The van der Waals surface area contributed by atoms with E-state index in [9.17, 15) is 14.4 Å². The summed E-state index contributed by atoms with van der Waals surface area (Å²) in [5.41, 5.74) is 0. The Morgan fingerprint density at radius 3 is 0.610 bits per heavy atom. The molecule has 0 spiro atoms. The number of esters is 3. The number of carbonyl (C=O) groups is 3. The minimum Gasteiger partial charge on any atom is -0.462 e. The van der Waals surface area contributed by atoms with E-state index in [1.165, 1.54) is 340 Å². The molecule has 1 atom stereocenters. The van der Waals surface area contributed by atoms with Crippen molar-refractivity contribution in [2.24, 2.45) is 0 Å². The van der Waals surface area contributed by atoms with E-state index in [0.717, 1.165) is 57.8 Å². The summed E-state index contributed by atoms with van der Waals surface area (Å²) < 4.78 is 17.0. The van der Waals surface area contributed by atoms with Crippen LogP contribution in [0.25, 0.3) is 0 Å². The molecular formula is C76H146O6. The molecule has 0 aliphatic heterocycles. The normalized spacial score (nSPS) is 12.0. The fourth-order valence-electron chi connectivity index (χ4n) is 11.9. The van der Waals surface area contributed by atoms with E-state index in [2.05, 4.69) is 32.9 Å². The minimum atomic E-state index is -0.765. The SMILES string of the molecule is CCCCCCCCCC/C=C\CCCCCCCCCCCCCCCCCCCC(=O)OCC(COC(=O)CCCCCCCCCCCCCC)OC(=O)CCCCCCCCCCCCCCCCCCCCCCCCC. The smallest absolute Gasteiger partial charge is 0.306 e. The fraction of sp³-hybridized carbons (Fsp3) is 0.934. The molecule has 0 radical (unpaired) electrons. The van der Waals surface area contributed by atoms with Crippen molar-refractivity contribution in [1.82, 2.24) is 0 Å². The molecule has 82 heavy (non-hydrogen) atoms. The molecule has 1 unspecified atom stereocenters. The lowest BCUT2D eigenvalue weighted by Gasteiger charge is -2.18. The summed E-state index contributed by atoms with van der Waals surface area (Å²) in [6.07, 6.45) is 87.0. The highest BCUT2D eigenvalue weighted by molar-refractivity contribution is 5.71. The first-order chi connectivity index (χ1) is 40.5. The van der Waals surface area contributed by atoms with Crippen LogP contribution in [0.2, 0.25) is 0 Å². The summed E-state index contributed by atoms with van der Waals surface area (Å²) >= 11 is 0. The van der Waals surface area contributed by atoms with Gasteiger partial charge in [-0.05, 0) is 44.9 Å². The summed E-state index contributed by atoms with van der Waals surface area (Å²) in [7, 11) is 0. The molecule has 6 nitrogen and oxygen atoms in total. The molecule has 0 heterocycles. The Hall–Kier alpha value is -1.85. The van der Waals surface area contributed by atoms with Crippen molar-refractivity contribution in [3.8, 4) is 0 Å². The van der Waals surface area contributed by atoms with Crippen LogP contribution in [0.3, 0.4) is 0 Å². The third-order valence-corrected chi connectivity index (χ3v) is 17.5. The maximum absolute atomic E-state index is 13.0. The summed E-state index contributed by atoms with van der Waals surface area (Å²) in [6.45, 7) is 6.73. The van der Waals surface area contributed by atoms with Crippen LogP contribution >= 0.6 is 0 Å². The number of hydrogen-bond acceptors (Lipinski definition) is 6. The van der Waals surface area contributed by atoms with Crippen molar-refractivity contribution in [3.63, 3.8) is 0 Å². The third kappa shape index (κ3) is 68.9. The standard InChI is InChI=1S/C76H146O6/c1-4-7-10-13-16-19-22-25-27-29-31-33-35-36-37-38-39-40-42-43-45-47-49-51-54-57-60-63-66-69-75(78)81-72-73(71-80-74(77)68-65-62-59-56-53-24-21-18-15-12-9-6-3)82-76(79)70-67-64-61-58-55-52-50-48-46-44-41-34-32-30-28-26-23-20-17-14-11-8-5-2/h29,31,73H,4-28,30,32-72H2,1-3H3/b31-29-. The number of carbonyl (C=O) groups excluding carboxylic acids is 3. The quantitative estimate of drug-likeness (QED) is 0.0261. The summed E-state index contributed by atoms with van der Waals surface area (Å²) in [5, 5.41) is 0. The second kappa shape index (κ2) is 71.6. The number of allylic oxidation sites excluding steroid dienone is 2. The highest BCUT2D eigenvalue weighted by atomic mass is 16.6. The summed E-state index contributed by atoms with van der Waals surface area (Å²) in [6, 6.07) is 0. The van der Waals surface area contributed by atoms with E-state index in [0.29, 0.717) is 19.3 Å². The van der Waals surface area contributed by atoms with Gasteiger partial charge in [-0.2, -0.15) is 0 Å². The van der Waals surface area contributed by atoms with E-state index < -0.39 is 6.10 Å². The Labute approximate surface area is 513 Å². The predicted molar refractivity (Wildman–Crippen MR) is 358 cm³/mol. The van der Waals surface area contributed by atoms with Crippen molar-refractivity contribution in [3.05, 3.63) is 12.2 Å². The molecule has 0 aromatic heterocycles. The molecule has 0 amide bonds. The Balaban J connectivity index is 4.13. The maximum atomic E-state index is 13.0. The van der Waals surface area contributed by atoms with Gasteiger partial charge in [0.15, 0.2) is 6.10 Å². The second-order valence-corrected chi connectivity index (χ2v) is 25.9. The van der Waals surface area contributed by atoms with E-state index in [1.54, 1.807) is 0 Å². The number of ether oxygens (including phenoxy) is 3. The molecule has 0 saturated heterocycles. The average molecular weight is 1160 g/mol. The van der Waals surface area contributed by atoms with Gasteiger partial charge in [0, 0.05) is 19.3 Å². The van der Waals surface area contributed by atoms with Crippen molar-refractivity contribution < 1.29 is 28.6 Å². The van der Waals surface area contributed by atoms with Crippen LogP contribution in [0, 0.1) is 0 Å². The fourth-order valence-corrected chi connectivity index (χ4v) is 11.9. The Morgan fingerprint density at radius 1 is 0.232 bits per heavy atom. The Morgan fingerprint density at radius 2 is 0.402 bits per heavy atom. The monoisotopic (exact) mass is 1160 g/mol. The Bertz CT molecular complexity index is 1280. The largest absolute Gasteiger partial charge is 0.462 e. The van der Waals surface area contributed by atoms with Gasteiger partial charge in [-0.1, -0.05) is 386 Å². The van der Waals surface area contributed by atoms with Gasteiger partial charge in [0.25, 0.3) is 0 Å². The predicted octanol–water partition coefficient (Wildman–Crippen LogP) is 26.0. The van der Waals surface area contributed by atoms with Gasteiger partial charge >= 0.3 is 17.9 Å². The van der Waals surface area contributed by atoms with E-state index in [4.69, 9.17) is 14.2 Å². The van der Waals surface area contributed by atoms with Crippen molar-refractivity contribution in [2.75, 3.05) is 13.2 Å². The summed E-state index contributed by atoms with van der Waals surface area (Å²) in [5.74, 6) is -0.823. The molecule has 0 aromatic carbocycles. The van der Waals surface area contributed by atoms with Crippen molar-refractivity contribution in [2.45, 2.75) is 444 Å². The highest BCUT2D eigenvalue weighted by Gasteiger charge is 2.20. The van der Waals surface area contributed by atoms with Crippen LogP contribution in [0.5, 0.6) is 0 Å². The lowest BCUT2D eigenvalue weighted by molar-refractivity contribution is -0.167. The van der Waals surface area contributed by atoms with Gasteiger partial charge < -0.3 is 14.2 Å². The van der Waals surface area contributed by atoms with Crippen LogP contribution < -0.4 is 0 Å². The Kier molecular flexibility index (Phi) is 70.0. The molecule has 0 aromatic rings. The van der Waals surface area contributed by atoms with Gasteiger partial charge in [0.1, 0.15) is 13.2 Å². The van der Waals surface area contributed by atoms with Crippen LogP contribution in [-0.4, -0.2) is 37.2 Å². The maximum Gasteiger partial charge on any atom is 0.306 e. The molecule has 0 fully saturated rings. The van der Waals surface area contributed by atoms with Crippen molar-refractivity contribution in [1.29, 1.82) is 0 Å². The first-order valence-corrected chi connectivity index (χ1v) is 37.7. The lowest BCUT2D eigenvalue weighted by atomic mass is 10.0. The third-order valence-electron chi connectivity index (χ3n) is 17.5. The molecule has 486 valence electrons. The highest BCUT2D eigenvalue weighted by Crippen LogP contribution is 2.20. The van der Waals surface area contributed by atoms with Gasteiger partial charge in [0.05, 0.1) is 0 Å². The van der Waals surface area contributed by atoms with Gasteiger partial charge in [0.2, 0.25) is 0 Å². The van der Waals surface area contributed by atoms with Gasteiger partial charge in [-0.3, -0.25) is 14.4 Å². The topological polar surface area (TPSA) is 78.9 Å². The lowest BCUT2D eigenvalue weighted by Crippen LogP contribution is -2.30. The van der Waals surface area contributed by atoms with Crippen LogP contribution in [-0.2, 0) is 28.6 Å². The van der Waals surface area contributed by atoms with Crippen LogP contribution in [0.1, 0.15) is 438 Å². The van der Waals surface area contributed by atoms with Gasteiger partial charge in [-0.25, -0.2) is 0 Å². The number of rotatable bonds is 71. The van der Waals surface area contributed by atoms with E-state index in [1.807, 2.05) is 0 Å². The molecule has 0 N–H and O–H groups in total. The van der Waals surface area contributed by atoms with Crippen LogP contribution in [0.15, 0.2) is 12.2 Å². The molecule has 6 heteroatoms. The van der Waals surface area contributed by atoms with Crippen LogP contribution in [0.4, 0.5) is 0 Å². The second-order valence-electron chi connectivity index (χ2n) is 25.9. The molecule has 0 aliphatic carbocycles. The van der Waals surface area contributed by atoms with E-state index in [-0.39, 0.29) is 31.1 Å². The molecule has 0 saturated carbocycles. The number of unbranched alkanes of at least 4 members (excludes halogenated alkanes) is 58. The van der Waals surface area contributed by atoms with Crippen molar-refractivity contribution >= 4 is 17.9 Å². The van der Waals surface area contributed by atoms with E-state index >= 15 is 0 Å². The molecule has 0 rings (SSSR count). The average Bonchev–Trinajstić information content (AvgIpc) is 3.47. The summed E-state index contributed by atoms with van der Waals surface area (Å²) in [4.78, 5) is 38.4. The zero-order valence-electron chi connectivity index (χ0n) is 56.1. The first kappa shape index (κ1) is 80.2. The minimum absolute atomic E-state index is 0.0619. The molecule has 0 bridgehead atoms. The molecule has 0 aliphatic rings. The zero-order chi connectivity index (χ0) is 59.2. The first-order valence-electron chi connectivity index (χ1n) is 37.7. The number of hydrogen-bond donors (Lipinski definition) is 0.